The van der Waals surface area contributed by atoms with Gasteiger partial charge in [0.15, 0.2) is 0 Å². The third-order valence-electron chi connectivity index (χ3n) is 4.76. The van der Waals surface area contributed by atoms with Crippen molar-refractivity contribution in [2.24, 2.45) is 0 Å². The molecule has 4 aromatic rings. The molecule has 1 aliphatic rings. The second kappa shape index (κ2) is 11.7. The van der Waals surface area contributed by atoms with Gasteiger partial charge in [-0.05, 0) is 30.3 Å². The minimum atomic E-state index is -0.283. The number of amides is 2. The first-order valence-electron chi connectivity index (χ1n) is 11.4. The standard InChI is InChI=1S/C22H14N2O2.3C2H6/c25-21-15-8-2-3-9-16(15)22(26)24(21)20-12-6-4-10-17(20)19-13-14-7-1-5-11-18(14)23-19;3*1-2/h1-13,23H;3*1-2H3. The van der Waals surface area contributed by atoms with Crippen LogP contribution >= 0.6 is 0 Å². The molecule has 166 valence electrons. The molecule has 4 heteroatoms. The van der Waals surface area contributed by atoms with Crippen LogP contribution in [0.3, 0.4) is 0 Å². The number of hydrogen-bond acceptors (Lipinski definition) is 2. The van der Waals surface area contributed by atoms with Crippen LogP contribution in [-0.2, 0) is 0 Å². The van der Waals surface area contributed by atoms with E-state index in [0.29, 0.717) is 16.8 Å². The van der Waals surface area contributed by atoms with Crippen LogP contribution in [0, 0.1) is 0 Å². The lowest BCUT2D eigenvalue weighted by atomic mass is 10.1. The van der Waals surface area contributed by atoms with Crippen molar-refractivity contribution in [2.45, 2.75) is 41.5 Å². The Morgan fingerprint density at radius 3 is 1.62 bits per heavy atom. The Morgan fingerprint density at radius 1 is 0.594 bits per heavy atom. The van der Waals surface area contributed by atoms with Gasteiger partial charge in [0.2, 0.25) is 0 Å². The summed E-state index contributed by atoms with van der Waals surface area (Å²) >= 11 is 0. The fourth-order valence-corrected chi connectivity index (χ4v) is 3.52. The smallest absolute Gasteiger partial charge is 0.266 e. The molecule has 0 unspecified atom stereocenters. The molecule has 0 radical (unpaired) electrons. The van der Waals surface area contributed by atoms with Crippen LogP contribution in [0.2, 0.25) is 0 Å². The summed E-state index contributed by atoms with van der Waals surface area (Å²) in [6.07, 6.45) is 0. The van der Waals surface area contributed by atoms with Crippen molar-refractivity contribution >= 4 is 28.4 Å². The van der Waals surface area contributed by atoms with Crippen molar-refractivity contribution in [2.75, 3.05) is 4.90 Å². The van der Waals surface area contributed by atoms with Crippen molar-refractivity contribution < 1.29 is 9.59 Å². The topological polar surface area (TPSA) is 53.2 Å². The quantitative estimate of drug-likeness (QED) is 0.332. The van der Waals surface area contributed by atoms with Gasteiger partial charge in [-0.3, -0.25) is 9.59 Å². The van der Waals surface area contributed by atoms with Crippen molar-refractivity contribution in [3.8, 4) is 11.3 Å². The van der Waals surface area contributed by atoms with Gasteiger partial charge in [-0.25, -0.2) is 4.90 Å². The predicted molar refractivity (Wildman–Crippen MR) is 135 cm³/mol. The van der Waals surface area contributed by atoms with Gasteiger partial charge in [0.05, 0.1) is 16.8 Å². The first kappa shape index (κ1) is 24.6. The number of aromatic amines is 1. The number of rotatable bonds is 2. The largest absolute Gasteiger partial charge is 0.354 e. The van der Waals surface area contributed by atoms with Gasteiger partial charge in [-0.2, -0.15) is 0 Å². The lowest BCUT2D eigenvalue weighted by Crippen LogP contribution is -2.29. The van der Waals surface area contributed by atoms with Crippen LogP contribution < -0.4 is 4.90 Å². The van der Waals surface area contributed by atoms with E-state index in [1.54, 1.807) is 24.3 Å². The number of nitrogens with one attached hydrogen (secondary N) is 1. The zero-order valence-electron chi connectivity index (χ0n) is 19.8. The van der Waals surface area contributed by atoms with E-state index in [-0.39, 0.29) is 11.8 Å². The summed E-state index contributed by atoms with van der Waals surface area (Å²) in [6, 6.07) is 24.4. The molecule has 2 heterocycles. The average molecular weight is 429 g/mol. The molecule has 0 bridgehead atoms. The Labute approximate surface area is 190 Å². The molecule has 0 fully saturated rings. The number of H-pyrrole nitrogens is 1. The van der Waals surface area contributed by atoms with Crippen LogP contribution in [0.15, 0.2) is 78.9 Å². The number of anilines is 1. The molecule has 0 saturated carbocycles. The Kier molecular flexibility index (Phi) is 8.96. The summed E-state index contributed by atoms with van der Waals surface area (Å²) in [7, 11) is 0. The van der Waals surface area contributed by atoms with Gasteiger partial charge < -0.3 is 4.98 Å². The summed E-state index contributed by atoms with van der Waals surface area (Å²) in [6.45, 7) is 12.0. The highest BCUT2D eigenvalue weighted by Gasteiger charge is 2.37. The second-order valence-electron chi connectivity index (χ2n) is 6.28. The Bertz CT molecular complexity index is 1120. The molecule has 32 heavy (non-hydrogen) atoms. The van der Waals surface area contributed by atoms with Crippen LogP contribution in [0.5, 0.6) is 0 Å². The maximum Gasteiger partial charge on any atom is 0.266 e. The minimum absolute atomic E-state index is 0.283. The van der Waals surface area contributed by atoms with Crippen molar-refractivity contribution in [1.82, 2.24) is 4.98 Å². The van der Waals surface area contributed by atoms with E-state index < -0.39 is 0 Å². The van der Waals surface area contributed by atoms with Gasteiger partial charge in [0, 0.05) is 22.2 Å². The molecule has 1 aromatic heterocycles. The van der Waals surface area contributed by atoms with Crippen molar-refractivity contribution in [3.05, 3.63) is 90.0 Å². The van der Waals surface area contributed by atoms with Gasteiger partial charge in [0.25, 0.3) is 11.8 Å². The van der Waals surface area contributed by atoms with Gasteiger partial charge in [0.1, 0.15) is 0 Å². The molecular weight excluding hydrogens is 396 g/mol. The van der Waals surface area contributed by atoms with Gasteiger partial charge in [-0.1, -0.05) is 90.1 Å². The number of fused-ring (bicyclic) bond motifs is 2. The molecule has 5 rings (SSSR count). The van der Waals surface area contributed by atoms with E-state index in [9.17, 15) is 9.59 Å². The highest BCUT2D eigenvalue weighted by molar-refractivity contribution is 6.35. The van der Waals surface area contributed by atoms with E-state index in [1.807, 2.05) is 96.1 Å². The number of aromatic nitrogens is 1. The SMILES string of the molecule is CC.CC.CC.O=C1c2ccccc2C(=O)N1c1ccccc1-c1cc2ccccc2[nH]1. The maximum atomic E-state index is 12.9. The maximum absolute atomic E-state index is 12.9. The third-order valence-corrected chi connectivity index (χ3v) is 4.76. The molecule has 1 aliphatic heterocycles. The van der Waals surface area contributed by atoms with Crippen LogP contribution in [-0.4, -0.2) is 16.8 Å². The van der Waals surface area contributed by atoms with Crippen LogP contribution in [0.1, 0.15) is 62.3 Å². The fraction of sp³-hybridized carbons (Fsp3) is 0.214. The van der Waals surface area contributed by atoms with Crippen molar-refractivity contribution in [3.63, 3.8) is 0 Å². The summed E-state index contributed by atoms with van der Waals surface area (Å²) in [4.78, 5) is 30.4. The Balaban J connectivity index is 0.000000561. The second-order valence-corrected chi connectivity index (χ2v) is 6.28. The molecule has 4 nitrogen and oxygen atoms in total. The molecular formula is C28H32N2O2. The van der Waals surface area contributed by atoms with E-state index in [2.05, 4.69) is 4.98 Å². The van der Waals surface area contributed by atoms with E-state index >= 15 is 0 Å². The van der Waals surface area contributed by atoms with E-state index in [4.69, 9.17) is 0 Å². The highest BCUT2D eigenvalue weighted by atomic mass is 16.2. The summed E-state index contributed by atoms with van der Waals surface area (Å²) in [5.41, 5.74) is 4.19. The first-order valence-corrected chi connectivity index (χ1v) is 11.4. The number of benzene rings is 3. The summed E-state index contributed by atoms with van der Waals surface area (Å²) in [5.74, 6) is -0.566. The molecule has 0 saturated heterocycles. The molecule has 1 N–H and O–H groups in total. The average Bonchev–Trinajstić information content (AvgIpc) is 3.42. The molecule has 3 aromatic carbocycles. The summed E-state index contributed by atoms with van der Waals surface area (Å²) < 4.78 is 0. The van der Waals surface area contributed by atoms with E-state index in [0.717, 1.165) is 22.2 Å². The molecule has 0 aliphatic carbocycles. The Hall–Kier alpha value is -3.66. The lowest BCUT2D eigenvalue weighted by molar-refractivity contribution is 0.0926. The van der Waals surface area contributed by atoms with E-state index in [1.165, 1.54) is 4.90 Å². The number of carbonyl (C=O) groups is 2. The fourth-order valence-electron chi connectivity index (χ4n) is 3.52. The Morgan fingerprint density at radius 2 is 1.06 bits per heavy atom. The zero-order chi connectivity index (χ0) is 23.7. The highest BCUT2D eigenvalue weighted by Crippen LogP contribution is 2.36. The normalized spacial score (nSPS) is 11.5. The first-order chi connectivity index (χ1) is 15.7. The zero-order valence-corrected chi connectivity index (χ0v) is 19.8. The monoisotopic (exact) mass is 428 g/mol. The van der Waals surface area contributed by atoms with Gasteiger partial charge >= 0.3 is 0 Å². The number of hydrogen-bond donors (Lipinski definition) is 1. The van der Waals surface area contributed by atoms with Crippen LogP contribution in [0.4, 0.5) is 5.69 Å². The minimum Gasteiger partial charge on any atom is -0.354 e. The molecule has 2 amide bonds. The molecule has 0 spiro atoms. The van der Waals surface area contributed by atoms with Crippen LogP contribution in [0.25, 0.3) is 22.2 Å². The van der Waals surface area contributed by atoms with Gasteiger partial charge in [-0.15, -0.1) is 0 Å². The predicted octanol–water partition coefficient (Wildman–Crippen LogP) is 7.71. The molecule has 0 atom stereocenters. The number of nitrogens with zero attached hydrogens (tertiary/aromatic N) is 1. The summed E-state index contributed by atoms with van der Waals surface area (Å²) in [5, 5.41) is 1.08. The van der Waals surface area contributed by atoms with Crippen molar-refractivity contribution in [1.29, 1.82) is 0 Å². The number of para-hydroxylation sites is 2. The lowest BCUT2D eigenvalue weighted by Gasteiger charge is -2.17. The number of carbonyl (C=O) groups excluding carboxylic acids is 2. The third kappa shape index (κ3) is 4.50. The number of imide groups is 1.